The molecule has 5 atom stereocenters. The number of likely N-dealkylation sites (tertiary alicyclic amines) is 1. The third-order valence-electron chi connectivity index (χ3n) is 8.88. The number of hydrogen-bond donors (Lipinski definition) is 3. The summed E-state index contributed by atoms with van der Waals surface area (Å²) in [5, 5.41) is 5.85. The van der Waals surface area contributed by atoms with Gasteiger partial charge >= 0.3 is 0 Å². The number of nitrogens with one attached hydrogen (secondary N) is 2. The number of nitrogens with zero attached hydrogens (tertiary/aromatic N) is 1. The second kappa shape index (κ2) is 11.8. The molecule has 0 spiro atoms. The first-order valence-electron chi connectivity index (χ1n) is 15.1. The topological polar surface area (TPSA) is 148 Å². The number of ether oxygens (including phenoxy) is 1. The van der Waals surface area contributed by atoms with Gasteiger partial charge in [-0.3, -0.25) is 24.0 Å². The summed E-state index contributed by atoms with van der Waals surface area (Å²) in [4.78, 5) is 67.2. The summed E-state index contributed by atoms with van der Waals surface area (Å²) in [5.41, 5.74) is 4.62. The van der Waals surface area contributed by atoms with Gasteiger partial charge in [-0.15, -0.1) is 0 Å². The number of carbonyl (C=O) groups excluding carboxylic acids is 5. The minimum absolute atomic E-state index is 0.00858. The smallest absolute Gasteiger partial charge is 0.287 e. The van der Waals surface area contributed by atoms with Gasteiger partial charge in [0.2, 0.25) is 23.5 Å². The maximum atomic E-state index is 14.3. The fraction of sp³-hybridized carbons (Fsp3) is 0.833. The number of fused-ring (bicyclic) bond motifs is 1. The molecule has 4 N–H and O–H groups in total. The number of amides is 4. The standard InChI is InChI=1S/C30H48N4O6/c1-29(2,3)15-22(35)33-23(18-9-7-6-8-10-18)28(39)34-16-21-19(14-30(4,5)40-21)24(34)27(38)32-20(13-17-11-12-17)25(36)26(31)37/h17-21,23-24H,6-16H2,1-5H3,(H2,31,37)(H,32,38)(H,33,35)/t19?,20?,21?,23-,24?/m0/s1. The van der Waals surface area contributed by atoms with Gasteiger partial charge in [0, 0.05) is 18.9 Å². The van der Waals surface area contributed by atoms with Crippen molar-refractivity contribution in [2.45, 2.75) is 129 Å². The molecule has 0 radical (unpaired) electrons. The van der Waals surface area contributed by atoms with Crippen molar-refractivity contribution in [3.05, 3.63) is 0 Å². The number of Topliss-reactive ketones (excluding diaryl/α,β-unsaturated/α-hetero) is 1. The molecule has 4 rings (SSSR count). The molecule has 0 bridgehead atoms. The van der Waals surface area contributed by atoms with Crippen molar-refractivity contribution >= 4 is 29.4 Å². The van der Waals surface area contributed by atoms with Crippen LogP contribution in [0.5, 0.6) is 0 Å². The summed E-state index contributed by atoms with van der Waals surface area (Å²) in [6, 6.07) is -2.61. The molecular weight excluding hydrogens is 512 g/mol. The lowest BCUT2D eigenvalue weighted by Crippen LogP contribution is -2.59. The van der Waals surface area contributed by atoms with E-state index in [0.29, 0.717) is 12.8 Å². The molecule has 2 saturated heterocycles. The Morgan fingerprint density at radius 2 is 1.65 bits per heavy atom. The van der Waals surface area contributed by atoms with Gasteiger partial charge in [-0.25, -0.2) is 0 Å². The van der Waals surface area contributed by atoms with Crippen LogP contribution in [0.4, 0.5) is 0 Å². The average molecular weight is 561 g/mol. The lowest BCUT2D eigenvalue weighted by Gasteiger charge is -2.36. The molecule has 0 aromatic carbocycles. The zero-order chi connectivity index (χ0) is 29.4. The molecular formula is C30H48N4O6. The van der Waals surface area contributed by atoms with Gasteiger partial charge in [-0.2, -0.15) is 0 Å². The molecule has 4 unspecified atom stereocenters. The van der Waals surface area contributed by atoms with E-state index in [0.717, 1.165) is 44.9 Å². The first-order chi connectivity index (χ1) is 18.6. The highest BCUT2D eigenvalue weighted by Crippen LogP contribution is 2.44. The second-order valence-electron chi connectivity index (χ2n) is 14.4. The SMILES string of the molecule is CC(C)(C)CC(=O)N[C@H](C(=O)N1CC2OC(C)(C)CC2C1C(=O)NC(CC1CC1)C(=O)C(N)=O)C1CCCCC1. The number of nitrogens with two attached hydrogens (primary N) is 1. The lowest BCUT2D eigenvalue weighted by atomic mass is 9.82. The van der Waals surface area contributed by atoms with Crippen LogP contribution in [0.15, 0.2) is 0 Å². The summed E-state index contributed by atoms with van der Waals surface area (Å²) in [6.45, 7) is 10.1. The van der Waals surface area contributed by atoms with Crippen molar-refractivity contribution in [3.63, 3.8) is 0 Å². The van der Waals surface area contributed by atoms with Gasteiger partial charge in [0.1, 0.15) is 12.1 Å². The fourth-order valence-corrected chi connectivity index (χ4v) is 6.91. The molecule has 4 fully saturated rings. The van der Waals surface area contributed by atoms with Gasteiger partial charge in [0.05, 0.1) is 17.7 Å². The van der Waals surface area contributed by atoms with Crippen LogP contribution in [-0.2, 0) is 28.7 Å². The monoisotopic (exact) mass is 560 g/mol. The Kier molecular flexibility index (Phi) is 8.97. The predicted molar refractivity (Wildman–Crippen MR) is 149 cm³/mol. The van der Waals surface area contributed by atoms with Gasteiger partial charge < -0.3 is 26.0 Å². The zero-order valence-corrected chi connectivity index (χ0v) is 24.8. The Labute approximate surface area is 237 Å². The molecule has 2 aliphatic carbocycles. The number of carbonyl (C=O) groups is 5. The van der Waals surface area contributed by atoms with Crippen LogP contribution in [0.2, 0.25) is 0 Å². The van der Waals surface area contributed by atoms with Crippen LogP contribution < -0.4 is 16.4 Å². The van der Waals surface area contributed by atoms with Gasteiger partial charge in [-0.1, -0.05) is 52.9 Å². The van der Waals surface area contributed by atoms with E-state index in [4.69, 9.17) is 10.5 Å². The van der Waals surface area contributed by atoms with Crippen LogP contribution in [0.3, 0.4) is 0 Å². The molecule has 2 heterocycles. The predicted octanol–water partition coefficient (Wildman–Crippen LogP) is 2.22. The maximum Gasteiger partial charge on any atom is 0.287 e. The van der Waals surface area contributed by atoms with E-state index in [2.05, 4.69) is 10.6 Å². The molecule has 2 aliphatic heterocycles. The summed E-state index contributed by atoms with van der Waals surface area (Å²) in [6.07, 6.45) is 7.53. The Balaban J connectivity index is 1.60. The zero-order valence-electron chi connectivity index (χ0n) is 24.8. The third-order valence-corrected chi connectivity index (χ3v) is 8.88. The Morgan fingerprint density at radius 3 is 2.23 bits per heavy atom. The highest BCUT2D eigenvalue weighted by molar-refractivity contribution is 6.37. The summed E-state index contributed by atoms with van der Waals surface area (Å²) < 4.78 is 6.27. The van der Waals surface area contributed by atoms with Crippen molar-refractivity contribution in [3.8, 4) is 0 Å². The molecule has 10 heteroatoms. The van der Waals surface area contributed by atoms with E-state index in [1.54, 1.807) is 4.90 Å². The van der Waals surface area contributed by atoms with Crippen LogP contribution in [-0.4, -0.2) is 70.7 Å². The van der Waals surface area contributed by atoms with Crippen molar-refractivity contribution in [2.24, 2.45) is 28.9 Å². The van der Waals surface area contributed by atoms with Crippen molar-refractivity contribution in [1.82, 2.24) is 15.5 Å². The first-order valence-corrected chi connectivity index (χ1v) is 15.1. The Bertz CT molecular complexity index is 1010. The highest BCUT2D eigenvalue weighted by atomic mass is 16.5. The van der Waals surface area contributed by atoms with Crippen LogP contribution in [0.25, 0.3) is 0 Å². The molecule has 40 heavy (non-hydrogen) atoms. The van der Waals surface area contributed by atoms with E-state index in [1.807, 2.05) is 34.6 Å². The quantitative estimate of drug-likeness (QED) is 0.349. The number of hydrogen-bond acceptors (Lipinski definition) is 6. The number of primary amides is 1. The minimum atomic E-state index is -1.08. The largest absolute Gasteiger partial charge is 0.370 e. The van der Waals surface area contributed by atoms with E-state index >= 15 is 0 Å². The second-order valence-corrected chi connectivity index (χ2v) is 14.4. The minimum Gasteiger partial charge on any atom is -0.370 e. The lowest BCUT2D eigenvalue weighted by molar-refractivity contribution is -0.145. The summed E-state index contributed by atoms with van der Waals surface area (Å²) >= 11 is 0. The average Bonchev–Trinajstić information content (AvgIpc) is 3.53. The summed E-state index contributed by atoms with van der Waals surface area (Å²) in [7, 11) is 0. The molecule has 2 saturated carbocycles. The van der Waals surface area contributed by atoms with Crippen LogP contribution in [0.1, 0.15) is 98.8 Å². The van der Waals surface area contributed by atoms with Crippen molar-refractivity contribution < 1.29 is 28.7 Å². The van der Waals surface area contributed by atoms with Crippen LogP contribution >= 0.6 is 0 Å². The normalized spacial score (nSPS) is 27.9. The highest BCUT2D eigenvalue weighted by Gasteiger charge is 2.56. The molecule has 4 amide bonds. The summed E-state index contributed by atoms with van der Waals surface area (Å²) in [5.74, 6) is -2.81. The molecule has 0 aromatic heterocycles. The van der Waals surface area contributed by atoms with E-state index in [9.17, 15) is 24.0 Å². The molecule has 10 nitrogen and oxygen atoms in total. The fourth-order valence-electron chi connectivity index (χ4n) is 6.91. The van der Waals surface area contributed by atoms with Crippen molar-refractivity contribution in [2.75, 3.05) is 6.54 Å². The van der Waals surface area contributed by atoms with Gasteiger partial charge in [0.15, 0.2) is 0 Å². The van der Waals surface area contributed by atoms with Crippen LogP contribution in [0, 0.1) is 23.2 Å². The molecule has 224 valence electrons. The van der Waals surface area contributed by atoms with Crippen molar-refractivity contribution in [1.29, 1.82) is 0 Å². The van der Waals surface area contributed by atoms with E-state index in [1.165, 1.54) is 0 Å². The number of rotatable bonds is 10. The number of ketones is 1. The molecule has 4 aliphatic rings. The first kappa shape index (κ1) is 30.5. The van der Waals surface area contributed by atoms with E-state index in [-0.39, 0.29) is 54.1 Å². The maximum absolute atomic E-state index is 14.3. The Morgan fingerprint density at radius 1 is 1.00 bits per heavy atom. The Hall–Kier alpha value is -2.49. The van der Waals surface area contributed by atoms with Gasteiger partial charge in [-0.05, 0) is 56.8 Å². The van der Waals surface area contributed by atoms with E-state index < -0.39 is 41.3 Å². The molecule has 0 aromatic rings. The third kappa shape index (κ3) is 7.42. The van der Waals surface area contributed by atoms with Gasteiger partial charge in [0.25, 0.3) is 5.91 Å².